The van der Waals surface area contributed by atoms with Crippen LogP contribution >= 0.6 is 11.6 Å². The molecule has 0 aliphatic rings. The number of benzene rings is 1. The van der Waals surface area contributed by atoms with Gasteiger partial charge in [-0.3, -0.25) is 10.1 Å². The molecule has 1 aromatic carbocycles. The number of fused-ring (bicyclic) bond motifs is 1. The summed E-state index contributed by atoms with van der Waals surface area (Å²) in [6.45, 7) is 6.69. The quantitative estimate of drug-likeness (QED) is 0.739. The zero-order valence-corrected chi connectivity index (χ0v) is 15.7. The number of quaternary nitrogens is 1. The van der Waals surface area contributed by atoms with E-state index in [2.05, 4.69) is 5.32 Å². The number of rotatable bonds is 6. The highest BCUT2D eigenvalue weighted by Gasteiger charge is 2.18. The Morgan fingerprint density at radius 3 is 2.65 bits per heavy atom. The first-order chi connectivity index (χ1) is 12.3. The van der Waals surface area contributed by atoms with Crippen LogP contribution in [-0.2, 0) is 16.1 Å². The summed E-state index contributed by atoms with van der Waals surface area (Å²) in [4.78, 5) is 36.1. The molecular weight excluding hydrogens is 360 g/mol. The lowest BCUT2D eigenvalue weighted by molar-refractivity contribution is -0.904. The summed E-state index contributed by atoms with van der Waals surface area (Å²) in [6, 6.07) is 4.89. The van der Waals surface area contributed by atoms with Crippen molar-refractivity contribution in [2.45, 2.75) is 27.3 Å². The summed E-state index contributed by atoms with van der Waals surface area (Å²) in [7, 11) is 0. The van der Waals surface area contributed by atoms with Crippen LogP contribution in [0, 0.1) is 6.92 Å². The lowest BCUT2D eigenvalue weighted by Gasteiger charge is -2.18. The summed E-state index contributed by atoms with van der Waals surface area (Å²) in [5, 5.41) is 3.48. The summed E-state index contributed by atoms with van der Waals surface area (Å²) >= 11 is 6.20. The van der Waals surface area contributed by atoms with E-state index >= 15 is 0 Å². The maximum atomic E-state index is 12.0. The third kappa shape index (κ3) is 5.06. The van der Waals surface area contributed by atoms with Crippen molar-refractivity contribution in [3.8, 4) is 0 Å². The van der Waals surface area contributed by atoms with Crippen LogP contribution in [-0.4, -0.2) is 31.7 Å². The molecule has 0 fully saturated rings. The second-order valence-corrected chi connectivity index (χ2v) is 6.32. The summed E-state index contributed by atoms with van der Waals surface area (Å²) in [6.07, 6.45) is -0.763. The number of halogens is 1. The van der Waals surface area contributed by atoms with Gasteiger partial charge < -0.3 is 14.1 Å². The van der Waals surface area contributed by atoms with E-state index in [0.29, 0.717) is 23.7 Å². The number of ether oxygens (including phenoxy) is 1. The molecule has 2 N–H and O–H groups in total. The second-order valence-electron chi connectivity index (χ2n) is 5.91. The standard InChI is InChI=1S/C18H21ClN2O5/c1-4-21(10-16(22)20-18(24)25-5-2)9-12-7-17(23)26-15-6-11(3)14(19)8-13(12)15/h6-8H,4-5,9-10H2,1-3H3,(H,20,22,24)/p+1. The van der Waals surface area contributed by atoms with Gasteiger partial charge in [-0.15, -0.1) is 0 Å². The van der Waals surface area contributed by atoms with E-state index < -0.39 is 17.6 Å². The van der Waals surface area contributed by atoms with E-state index in [1.807, 2.05) is 13.8 Å². The number of imide groups is 1. The topological polar surface area (TPSA) is 90.0 Å². The minimum absolute atomic E-state index is 0.0661. The third-order valence-corrected chi connectivity index (χ3v) is 4.38. The normalized spacial score (nSPS) is 12.0. The monoisotopic (exact) mass is 381 g/mol. The zero-order valence-electron chi connectivity index (χ0n) is 15.0. The van der Waals surface area contributed by atoms with Crippen LogP contribution in [0.25, 0.3) is 11.0 Å². The molecule has 1 atom stereocenters. The molecule has 0 aliphatic heterocycles. The predicted molar refractivity (Wildman–Crippen MR) is 97.5 cm³/mol. The maximum absolute atomic E-state index is 12.0. The van der Waals surface area contributed by atoms with Crippen molar-refractivity contribution in [2.75, 3.05) is 19.7 Å². The molecule has 0 bridgehead atoms. The lowest BCUT2D eigenvalue weighted by atomic mass is 10.1. The molecule has 0 spiro atoms. The molecule has 0 radical (unpaired) electrons. The largest absolute Gasteiger partial charge is 0.450 e. The van der Waals surface area contributed by atoms with Crippen LogP contribution in [0.15, 0.2) is 27.4 Å². The minimum atomic E-state index is -0.763. The number of alkyl carbamates (subject to hydrolysis) is 1. The highest BCUT2D eigenvalue weighted by molar-refractivity contribution is 6.32. The molecule has 2 amide bonds. The van der Waals surface area contributed by atoms with Gasteiger partial charge in [0.15, 0.2) is 6.54 Å². The first-order valence-corrected chi connectivity index (χ1v) is 8.74. The number of aryl methyl sites for hydroxylation is 1. The van der Waals surface area contributed by atoms with Crippen molar-refractivity contribution in [3.05, 3.63) is 44.8 Å². The highest BCUT2D eigenvalue weighted by atomic mass is 35.5. The predicted octanol–water partition coefficient (Wildman–Crippen LogP) is 1.43. The molecular formula is C18H22ClN2O5+. The average Bonchev–Trinajstić information content (AvgIpc) is 2.56. The molecule has 1 unspecified atom stereocenters. The maximum Gasteiger partial charge on any atom is 0.414 e. The van der Waals surface area contributed by atoms with Gasteiger partial charge in [0.05, 0.1) is 13.2 Å². The summed E-state index contributed by atoms with van der Waals surface area (Å²) in [5.41, 5.74) is 1.55. The number of carbonyl (C=O) groups is 2. The van der Waals surface area contributed by atoms with Gasteiger partial charge in [0.1, 0.15) is 12.1 Å². The van der Waals surface area contributed by atoms with Crippen molar-refractivity contribution in [1.29, 1.82) is 0 Å². The van der Waals surface area contributed by atoms with Gasteiger partial charge in [-0.2, -0.15) is 0 Å². The zero-order chi connectivity index (χ0) is 19.3. The SMILES string of the molecule is CCOC(=O)NC(=O)C[NH+](CC)Cc1cc(=O)oc2cc(C)c(Cl)cc12. The molecule has 7 nitrogen and oxygen atoms in total. The molecule has 2 rings (SSSR count). The van der Waals surface area contributed by atoms with Crippen molar-refractivity contribution in [1.82, 2.24) is 5.32 Å². The second kappa shape index (κ2) is 8.82. The Morgan fingerprint density at radius 2 is 2.00 bits per heavy atom. The van der Waals surface area contributed by atoms with Gasteiger partial charge in [-0.25, -0.2) is 9.59 Å². The van der Waals surface area contributed by atoms with Crippen LogP contribution in [0.5, 0.6) is 0 Å². The molecule has 2 aromatic rings. The number of nitrogens with one attached hydrogen (secondary N) is 2. The van der Waals surface area contributed by atoms with E-state index in [1.165, 1.54) is 6.07 Å². The minimum Gasteiger partial charge on any atom is -0.450 e. The Morgan fingerprint density at radius 1 is 1.27 bits per heavy atom. The number of carbonyl (C=O) groups excluding carboxylic acids is 2. The Balaban J connectivity index is 2.22. The molecule has 26 heavy (non-hydrogen) atoms. The van der Waals surface area contributed by atoms with Crippen LogP contribution in [0.3, 0.4) is 0 Å². The van der Waals surface area contributed by atoms with E-state index in [-0.39, 0.29) is 13.2 Å². The van der Waals surface area contributed by atoms with Crippen molar-refractivity contribution >= 4 is 34.6 Å². The molecule has 8 heteroatoms. The molecule has 1 aromatic heterocycles. The van der Waals surface area contributed by atoms with Gasteiger partial charge in [0.25, 0.3) is 5.91 Å². The van der Waals surface area contributed by atoms with E-state index in [4.69, 9.17) is 20.8 Å². The first kappa shape index (κ1) is 19.9. The third-order valence-electron chi connectivity index (χ3n) is 3.98. The van der Waals surface area contributed by atoms with Crippen LogP contribution in [0.4, 0.5) is 4.79 Å². The van der Waals surface area contributed by atoms with Crippen LogP contribution in [0.1, 0.15) is 25.0 Å². The van der Waals surface area contributed by atoms with E-state index in [1.54, 1.807) is 19.1 Å². The Bertz CT molecular complexity index is 878. The van der Waals surface area contributed by atoms with E-state index in [0.717, 1.165) is 21.4 Å². The number of amides is 2. The number of hydrogen-bond donors (Lipinski definition) is 2. The van der Waals surface area contributed by atoms with Crippen LogP contribution < -0.4 is 15.8 Å². The van der Waals surface area contributed by atoms with Crippen molar-refractivity contribution in [3.63, 3.8) is 0 Å². The fraction of sp³-hybridized carbons (Fsp3) is 0.389. The number of hydrogen-bond acceptors (Lipinski definition) is 5. The Labute approximate surface area is 155 Å². The number of likely N-dealkylation sites (N-methyl/N-ethyl adjacent to an activating group) is 1. The van der Waals surface area contributed by atoms with Gasteiger partial charge in [-0.1, -0.05) is 11.6 Å². The fourth-order valence-electron chi connectivity index (χ4n) is 2.63. The molecule has 0 saturated carbocycles. The Kier molecular flexibility index (Phi) is 6.76. The molecule has 0 saturated heterocycles. The van der Waals surface area contributed by atoms with Gasteiger partial charge >= 0.3 is 11.7 Å². The van der Waals surface area contributed by atoms with Crippen molar-refractivity contribution < 1.29 is 23.6 Å². The smallest absolute Gasteiger partial charge is 0.414 e. The van der Waals surface area contributed by atoms with Gasteiger partial charge in [-0.05, 0) is 38.5 Å². The van der Waals surface area contributed by atoms with Gasteiger partial charge in [0, 0.05) is 22.0 Å². The molecule has 1 heterocycles. The van der Waals surface area contributed by atoms with Gasteiger partial charge in [0.2, 0.25) is 0 Å². The average molecular weight is 382 g/mol. The first-order valence-electron chi connectivity index (χ1n) is 8.37. The lowest BCUT2D eigenvalue weighted by Crippen LogP contribution is -3.11. The summed E-state index contributed by atoms with van der Waals surface area (Å²) < 4.78 is 9.95. The van der Waals surface area contributed by atoms with Crippen LogP contribution in [0.2, 0.25) is 5.02 Å². The fourth-order valence-corrected chi connectivity index (χ4v) is 2.79. The summed E-state index contributed by atoms with van der Waals surface area (Å²) in [5.74, 6) is -0.443. The van der Waals surface area contributed by atoms with E-state index in [9.17, 15) is 14.4 Å². The molecule has 0 aliphatic carbocycles. The van der Waals surface area contributed by atoms with Crippen molar-refractivity contribution in [2.24, 2.45) is 0 Å². The Hall–Kier alpha value is -2.38. The highest BCUT2D eigenvalue weighted by Crippen LogP contribution is 2.24. The molecule has 140 valence electrons.